The number of esters is 1. The Morgan fingerprint density at radius 3 is 2.37 bits per heavy atom. The number of amides is 6. The van der Waals surface area contributed by atoms with Gasteiger partial charge in [0.25, 0.3) is 0 Å². The Bertz CT molecular complexity index is 1530. The summed E-state index contributed by atoms with van der Waals surface area (Å²) in [7, 11) is 1.47. The fourth-order valence-electron chi connectivity index (χ4n) is 6.92. The zero-order valence-electron chi connectivity index (χ0n) is 31.0. The van der Waals surface area contributed by atoms with Gasteiger partial charge >= 0.3 is 5.97 Å². The van der Waals surface area contributed by atoms with Crippen molar-refractivity contribution in [2.45, 2.75) is 122 Å². The maximum atomic E-state index is 14.3. The summed E-state index contributed by atoms with van der Waals surface area (Å²) >= 11 is 0. The number of likely N-dealkylation sites (N-methyl/N-ethyl adjacent to an activating group) is 1. The smallest absolute Gasteiger partial charge is 0.328 e. The van der Waals surface area contributed by atoms with Gasteiger partial charge in [-0.1, -0.05) is 55.7 Å². The van der Waals surface area contributed by atoms with E-state index in [4.69, 9.17) is 4.74 Å². The minimum absolute atomic E-state index is 0.122. The second kappa shape index (κ2) is 18.7. The minimum atomic E-state index is -1.41. The first-order valence-corrected chi connectivity index (χ1v) is 18.5. The predicted octanol–water partition coefficient (Wildman–Crippen LogP) is 1.53. The molecule has 4 rings (SSSR count). The van der Waals surface area contributed by atoms with Crippen LogP contribution in [0.25, 0.3) is 0 Å². The van der Waals surface area contributed by atoms with E-state index in [1.165, 1.54) is 41.7 Å². The Balaban J connectivity index is 1.64. The fraction of sp³-hybridized carbons (Fsp3) is 0.605. The summed E-state index contributed by atoms with van der Waals surface area (Å²) in [6, 6.07) is 1.21. The van der Waals surface area contributed by atoms with Crippen molar-refractivity contribution in [1.29, 1.82) is 0 Å². The molecular weight excluding hydrogens is 668 g/mol. The number of carbonyl (C=O) groups is 7. The van der Waals surface area contributed by atoms with E-state index in [0.29, 0.717) is 25.7 Å². The van der Waals surface area contributed by atoms with Crippen molar-refractivity contribution in [3.63, 3.8) is 0 Å². The van der Waals surface area contributed by atoms with Gasteiger partial charge in [-0.3, -0.25) is 28.8 Å². The Hall–Kier alpha value is -4.75. The van der Waals surface area contributed by atoms with Gasteiger partial charge in [-0.25, -0.2) is 4.79 Å². The summed E-state index contributed by atoms with van der Waals surface area (Å²) in [6.07, 6.45) is 8.70. The third-order valence-electron chi connectivity index (χ3n) is 10.1. The normalized spacial score (nSPS) is 25.4. The van der Waals surface area contributed by atoms with E-state index in [0.717, 1.165) is 36.8 Å². The molecule has 3 aliphatic heterocycles. The summed E-state index contributed by atoms with van der Waals surface area (Å²) in [5, 5.41) is 8.17. The van der Waals surface area contributed by atoms with E-state index in [9.17, 15) is 33.6 Å². The van der Waals surface area contributed by atoms with Gasteiger partial charge < -0.3 is 35.4 Å². The van der Waals surface area contributed by atoms with Gasteiger partial charge in [0, 0.05) is 26.6 Å². The Morgan fingerprint density at radius 1 is 0.981 bits per heavy atom. The highest BCUT2D eigenvalue weighted by atomic mass is 16.5. The highest BCUT2D eigenvalue weighted by Crippen LogP contribution is 2.23. The molecule has 6 amide bonds. The van der Waals surface area contributed by atoms with Crippen molar-refractivity contribution in [2.75, 3.05) is 26.7 Å². The van der Waals surface area contributed by atoms with Crippen LogP contribution in [0.5, 0.6) is 0 Å². The number of nitrogens with one attached hydrogen (secondary N) is 3. The maximum absolute atomic E-state index is 14.3. The third kappa shape index (κ3) is 10.2. The summed E-state index contributed by atoms with van der Waals surface area (Å²) in [5.41, 5.74) is 1.75. The van der Waals surface area contributed by atoms with Crippen LogP contribution in [0.3, 0.4) is 0 Å². The van der Waals surface area contributed by atoms with E-state index in [2.05, 4.69) is 22.9 Å². The molecule has 1 aromatic carbocycles. The molecular formula is C38H54N6O8. The van der Waals surface area contributed by atoms with Gasteiger partial charge in [0.2, 0.25) is 35.4 Å². The molecule has 6 atom stereocenters. The monoisotopic (exact) mass is 722 g/mol. The lowest BCUT2D eigenvalue weighted by Crippen LogP contribution is -2.60. The molecule has 3 saturated heterocycles. The van der Waals surface area contributed by atoms with E-state index in [1.54, 1.807) is 6.08 Å². The SMILES string of the molecule is CCCCCC=CC(=O)N[C@@H](Cc1cccc(C)c1)C(=O)N[C@H]1COC(=O)[C@@H]2CCCN2C(=O)[C@H](C)NC(=O)[C@H](C)N(C)C(=O)[C@@H]2CCCN2C1=O. The second-order valence-electron chi connectivity index (χ2n) is 14.1. The number of allylic oxidation sites excluding steroid dienone is 1. The number of benzene rings is 1. The van der Waals surface area contributed by atoms with E-state index >= 15 is 0 Å². The maximum Gasteiger partial charge on any atom is 0.328 e. The number of aryl methyl sites for hydroxylation is 1. The van der Waals surface area contributed by atoms with Gasteiger partial charge in [0.1, 0.15) is 42.9 Å². The van der Waals surface area contributed by atoms with Crippen molar-refractivity contribution >= 4 is 41.4 Å². The second-order valence-corrected chi connectivity index (χ2v) is 14.1. The molecule has 3 fully saturated rings. The van der Waals surface area contributed by atoms with Gasteiger partial charge in [-0.15, -0.1) is 0 Å². The quantitative estimate of drug-likeness (QED) is 0.185. The highest BCUT2D eigenvalue weighted by Gasteiger charge is 2.43. The number of unbranched alkanes of at least 4 members (excludes halogenated alkanes) is 3. The number of rotatable bonds is 10. The Labute approximate surface area is 306 Å². The van der Waals surface area contributed by atoms with Gasteiger partial charge in [0.05, 0.1) is 0 Å². The molecule has 284 valence electrons. The number of nitrogens with zero attached hydrogens (tertiary/aromatic N) is 3. The average Bonchev–Trinajstić information content (AvgIpc) is 3.82. The van der Waals surface area contributed by atoms with Crippen LogP contribution in [0, 0.1) is 6.92 Å². The highest BCUT2D eigenvalue weighted by molar-refractivity contribution is 5.98. The molecule has 0 unspecified atom stereocenters. The molecule has 0 saturated carbocycles. The van der Waals surface area contributed by atoms with E-state index in [-0.39, 0.29) is 19.5 Å². The number of hydrogen-bond donors (Lipinski definition) is 3. The van der Waals surface area contributed by atoms with E-state index < -0.39 is 84.3 Å². The molecule has 52 heavy (non-hydrogen) atoms. The van der Waals surface area contributed by atoms with Crippen molar-refractivity contribution in [2.24, 2.45) is 0 Å². The number of fused-ring (bicyclic) bond motifs is 2. The lowest BCUT2D eigenvalue weighted by Gasteiger charge is -2.34. The molecule has 0 aromatic heterocycles. The van der Waals surface area contributed by atoms with Crippen molar-refractivity contribution in [3.8, 4) is 0 Å². The predicted molar refractivity (Wildman–Crippen MR) is 192 cm³/mol. The van der Waals surface area contributed by atoms with Crippen LogP contribution in [-0.2, 0) is 44.7 Å². The molecule has 3 aliphatic rings. The first kappa shape index (κ1) is 40.0. The Kier molecular flexibility index (Phi) is 14.4. The molecule has 0 aliphatic carbocycles. The van der Waals surface area contributed by atoms with Crippen molar-refractivity contribution in [1.82, 2.24) is 30.7 Å². The van der Waals surface area contributed by atoms with Gasteiger partial charge in [-0.2, -0.15) is 0 Å². The minimum Gasteiger partial charge on any atom is -0.461 e. The van der Waals surface area contributed by atoms with Crippen LogP contribution in [0.4, 0.5) is 0 Å². The zero-order chi connectivity index (χ0) is 37.9. The van der Waals surface area contributed by atoms with Crippen LogP contribution < -0.4 is 16.0 Å². The topological polar surface area (TPSA) is 175 Å². The van der Waals surface area contributed by atoms with E-state index in [1.807, 2.05) is 31.2 Å². The largest absolute Gasteiger partial charge is 0.461 e. The van der Waals surface area contributed by atoms with Crippen LogP contribution >= 0.6 is 0 Å². The first-order chi connectivity index (χ1) is 24.8. The number of hydrogen-bond acceptors (Lipinski definition) is 8. The number of ether oxygens (including phenoxy) is 1. The van der Waals surface area contributed by atoms with Gasteiger partial charge in [0.15, 0.2) is 0 Å². The summed E-state index contributed by atoms with van der Waals surface area (Å²) in [5.74, 6) is -4.03. The lowest BCUT2D eigenvalue weighted by atomic mass is 10.0. The first-order valence-electron chi connectivity index (χ1n) is 18.5. The standard InChI is InChI=1S/C38H54N6O8/c1-6-7-8-9-10-18-32(45)40-28(22-27-15-11-14-24(2)21-27)34(47)41-29-23-52-38(51)31-17-13-20-44(31)35(48)25(3)39-33(46)26(4)42(5)37(50)30-16-12-19-43(30)36(29)49/h10-11,14-15,18,21,25-26,28-31H,6-9,12-13,16-17,19-20,22-23H2,1-5H3,(H,39,46)(H,40,45)(H,41,47)/t25-,26-,28-,29-,30-,31-/m0/s1. The average molecular weight is 723 g/mol. The summed E-state index contributed by atoms with van der Waals surface area (Å²) < 4.78 is 5.66. The summed E-state index contributed by atoms with van der Waals surface area (Å²) in [6.45, 7) is 7.00. The fourth-order valence-corrected chi connectivity index (χ4v) is 6.92. The number of carbonyl (C=O) groups excluding carboxylic acids is 7. The van der Waals surface area contributed by atoms with Crippen LogP contribution in [0.15, 0.2) is 36.4 Å². The van der Waals surface area contributed by atoms with Gasteiger partial charge in [-0.05, 0) is 70.9 Å². The molecule has 0 spiro atoms. The van der Waals surface area contributed by atoms with Crippen molar-refractivity contribution in [3.05, 3.63) is 47.5 Å². The van der Waals surface area contributed by atoms with Crippen LogP contribution in [0.1, 0.15) is 83.3 Å². The molecule has 3 heterocycles. The molecule has 14 nitrogen and oxygen atoms in total. The van der Waals surface area contributed by atoms with Crippen molar-refractivity contribution < 1.29 is 38.3 Å². The zero-order valence-corrected chi connectivity index (χ0v) is 31.0. The summed E-state index contributed by atoms with van der Waals surface area (Å²) in [4.78, 5) is 99.1. The van der Waals surface area contributed by atoms with Crippen LogP contribution in [0.2, 0.25) is 0 Å². The number of cyclic esters (lactones) is 1. The molecule has 14 heteroatoms. The molecule has 3 N–H and O–H groups in total. The third-order valence-corrected chi connectivity index (χ3v) is 10.1. The lowest BCUT2D eigenvalue weighted by molar-refractivity contribution is -0.158. The Morgan fingerprint density at radius 2 is 1.67 bits per heavy atom. The van der Waals surface area contributed by atoms with Crippen LogP contribution in [-0.4, -0.2) is 119 Å². The molecule has 0 radical (unpaired) electrons. The molecule has 1 aromatic rings. The molecule has 0 bridgehead atoms.